The summed E-state index contributed by atoms with van der Waals surface area (Å²) in [7, 11) is 2.63. The van der Waals surface area contributed by atoms with Crippen molar-refractivity contribution in [3.63, 3.8) is 0 Å². The zero-order chi connectivity index (χ0) is 14.6. The number of ether oxygens (including phenoxy) is 3. The summed E-state index contributed by atoms with van der Waals surface area (Å²) in [5.41, 5.74) is 0.0433. The molecule has 0 radical (unpaired) electrons. The topological polar surface area (TPSA) is 82.1 Å². The van der Waals surface area contributed by atoms with Crippen molar-refractivity contribution < 1.29 is 28.9 Å². The molecule has 1 atom stereocenters. The number of hydrogen-bond acceptors (Lipinski definition) is 5. The Morgan fingerprint density at radius 3 is 2.42 bits per heavy atom. The highest BCUT2D eigenvalue weighted by atomic mass is 79.9. The largest absolute Gasteiger partial charge is 0.493 e. The van der Waals surface area contributed by atoms with Gasteiger partial charge in [-0.15, -0.1) is 0 Å². The van der Waals surface area contributed by atoms with Gasteiger partial charge in [0, 0.05) is 0 Å². The lowest BCUT2D eigenvalue weighted by Crippen LogP contribution is -2.25. The minimum Gasteiger partial charge on any atom is -0.493 e. The van der Waals surface area contributed by atoms with E-state index < -0.39 is 18.0 Å². The second kappa shape index (κ2) is 6.42. The molecule has 104 valence electrons. The number of carboxylic acids is 1. The van der Waals surface area contributed by atoms with E-state index in [4.69, 9.17) is 14.6 Å². The van der Waals surface area contributed by atoms with E-state index >= 15 is 0 Å². The van der Waals surface area contributed by atoms with Crippen molar-refractivity contribution in [2.45, 2.75) is 13.0 Å². The molecule has 0 saturated heterocycles. The molecule has 0 aromatic heterocycles. The van der Waals surface area contributed by atoms with Gasteiger partial charge < -0.3 is 19.3 Å². The SMILES string of the molecule is COC(=O)C(C)Oc1c(Br)cc(C(=O)O)cc1OC. The molecule has 0 aliphatic heterocycles. The number of methoxy groups -OCH3 is 2. The first-order valence-corrected chi connectivity index (χ1v) is 6.05. The van der Waals surface area contributed by atoms with Gasteiger partial charge in [0.15, 0.2) is 17.6 Å². The van der Waals surface area contributed by atoms with E-state index in [-0.39, 0.29) is 17.1 Å². The number of halogens is 1. The van der Waals surface area contributed by atoms with Gasteiger partial charge in [-0.2, -0.15) is 0 Å². The Morgan fingerprint density at radius 1 is 1.32 bits per heavy atom. The summed E-state index contributed by atoms with van der Waals surface area (Å²) in [6, 6.07) is 2.68. The summed E-state index contributed by atoms with van der Waals surface area (Å²) in [5.74, 6) is -1.18. The van der Waals surface area contributed by atoms with Crippen molar-refractivity contribution in [3.05, 3.63) is 22.2 Å². The van der Waals surface area contributed by atoms with Crippen molar-refractivity contribution in [2.75, 3.05) is 14.2 Å². The lowest BCUT2D eigenvalue weighted by atomic mass is 10.2. The maximum atomic E-state index is 11.3. The van der Waals surface area contributed by atoms with Gasteiger partial charge in [-0.1, -0.05) is 0 Å². The molecule has 1 rings (SSSR count). The Kier molecular flexibility index (Phi) is 5.17. The number of carboxylic acid groups (broad SMARTS) is 1. The van der Waals surface area contributed by atoms with Crippen molar-refractivity contribution in [2.24, 2.45) is 0 Å². The number of carbonyl (C=O) groups excluding carboxylic acids is 1. The number of carbonyl (C=O) groups is 2. The third-order valence-corrected chi connectivity index (χ3v) is 2.89. The van der Waals surface area contributed by atoms with E-state index in [0.717, 1.165) is 0 Å². The molecule has 1 aromatic carbocycles. The number of esters is 1. The second-order valence-electron chi connectivity index (χ2n) is 3.58. The number of aromatic carboxylic acids is 1. The number of hydrogen-bond donors (Lipinski definition) is 1. The van der Waals surface area contributed by atoms with Gasteiger partial charge in [-0.25, -0.2) is 9.59 Å². The third-order valence-electron chi connectivity index (χ3n) is 2.30. The smallest absolute Gasteiger partial charge is 0.346 e. The van der Waals surface area contributed by atoms with Crippen molar-refractivity contribution in [1.82, 2.24) is 0 Å². The fourth-order valence-electron chi connectivity index (χ4n) is 1.35. The zero-order valence-electron chi connectivity index (χ0n) is 10.6. The van der Waals surface area contributed by atoms with Crippen LogP contribution in [0.2, 0.25) is 0 Å². The first kappa shape index (κ1) is 15.3. The third kappa shape index (κ3) is 3.60. The minimum absolute atomic E-state index is 0.0433. The predicted octanol–water partition coefficient (Wildman–Crippen LogP) is 2.10. The van der Waals surface area contributed by atoms with Crippen LogP contribution in [0.5, 0.6) is 11.5 Å². The highest BCUT2D eigenvalue weighted by Gasteiger charge is 2.21. The normalized spacial score (nSPS) is 11.6. The Morgan fingerprint density at radius 2 is 1.95 bits per heavy atom. The molecule has 0 fully saturated rings. The molecule has 0 aliphatic carbocycles. The molecule has 1 unspecified atom stereocenters. The van der Waals surface area contributed by atoms with Crippen LogP contribution >= 0.6 is 15.9 Å². The van der Waals surface area contributed by atoms with Crippen LogP contribution in [0.3, 0.4) is 0 Å². The van der Waals surface area contributed by atoms with Gasteiger partial charge in [-0.3, -0.25) is 0 Å². The molecule has 1 N–H and O–H groups in total. The van der Waals surface area contributed by atoms with E-state index in [9.17, 15) is 9.59 Å². The average molecular weight is 333 g/mol. The quantitative estimate of drug-likeness (QED) is 0.831. The summed E-state index contributed by atoms with van der Waals surface area (Å²) in [5, 5.41) is 8.94. The fraction of sp³-hybridized carbons (Fsp3) is 0.333. The van der Waals surface area contributed by atoms with Gasteiger partial charge in [0.05, 0.1) is 24.3 Å². The molecule has 19 heavy (non-hydrogen) atoms. The molecule has 7 heteroatoms. The Balaban J connectivity index is 3.13. The maximum absolute atomic E-state index is 11.3. The van der Waals surface area contributed by atoms with E-state index in [1.807, 2.05) is 0 Å². The van der Waals surface area contributed by atoms with Gasteiger partial charge in [0.2, 0.25) is 0 Å². The summed E-state index contributed by atoms with van der Waals surface area (Å²) in [6.07, 6.45) is -0.842. The van der Waals surface area contributed by atoms with E-state index in [1.165, 1.54) is 33.3 Å². The average Bonchev–Trinajstić information content (AvgIpc) is 2.39. The Hall–Kier alpha value is -1.76. The van der Waals surface area contributed by atoms with Crippen LogP contribution in [0, 0.1) is 0 Å². The molecular weight excluding hydrogens is 320 g/mol. The number of rotatable bonds is 5. The highest BCUT2D eigenvalue weighted by Crippen LogP contribution is 2.37. The molecule has 6 nitrogen and oxygen atoms in total. The summed E-state index contributed by atoms with van der Waals surface area (Å²) in [4.78, 5) is 22.2. The van der Waals surface area contributed by atoms with Crippen molar-refractivity contribution in [3.8, 4) is 11.5 Å². The van der Waals surface area contributed by atoms with E-state index in [1.54, 1.807) is 0 Å². The maximum Gasteiger partial charge on any atom is 0.346 e. The standard InChI is InChI=1S/C12H13BrO6/c1-6(12(16)18-3)19-10-8(13)4-7(11(14)15)5-9(10)17-2/h4-6H,1-3H3,(H,14,15). The van der Waals surface area contributed by atoms with E-state index in [0.29, 0.717) is 4.47 Å². The Labute approximate surface area is 118 Å². The van der Waals surface area contributed by atoms with Crippen LogP contribution < -0.4 is 9.47 Å². The van der Waals surface area contributed by atoms with Crippen molar-refractivity contribution in [1.29, 1.82) is 0 Å². The second-order valence-corrected chi connectivity index (χ2v) is 4.43. The van der Waals surface area contributed by atoms with Gasteiger partial charge >= 0.3 is 11.9 Å². The van der Waals surface area contributed by atoms with Crippen LogP contribution in [0.15, 0.2) is 16.6 Å². The van der Waals surface area contributed by atoms with E-state index in [2.05, 4.69) is 20.7 Å². The Bertz CT molecular complexity index is 499. The van der Waals surface area contributed by atoms with Gasteiger partial charge in [0.25, 0.3) is 0 Å². The molecule has 0 saturated carbocycles. The van der Waals surface area contributed by atoms with Crippen LogP contribution in [-0.4, -0.2) is 37.4 Å². The lowest BCUT2D eigenvalue weighted by molar-refractivity contribution is -0.147. The van der Waals surface area contributed by atoms with Crippen molar-refractivity contribution >= 4 is 27.9 Å². The molecule has 1 aromatic rings. The highest BCUT2D eigenvalue weighted by molar-refractivity contribution is 9.10. The minimum atomic E-state index is -1.09. The van der Waals surface area contributed by atoms with Crippen LogP contribution in [0.1, 0.15) is 17.3 Å². The fourth-order valence-corrected chi connectivity index (χ4v) is 1.88. The van der Waals surface area contributed by atoms with Crippen LogP contribution in [0.4, 0.5) is 0 Å². The monoisotopic (exact) mass is 332 g/mol. The lowest BCUT2D eigenvalue weighted by Gasteiger charge is -2.17. The first-order chi connectivity index (χ1) is 8.90. The molecule has 0 aliphatic rings. The summed E-state index contributed by atoms with van der Waals surface area (Å²) < 4.78 is 15.4. The van der Waals surface area contributed by atoms with Gasteiger partial charge in [-0.05, 0) is 35.0 Å². The van der Waals surface area contributed by atoms with Crippen LogP contribution in [-0.2, 0) is 9.53 Å². The predicted molar refractivity (Wildman–Crippen MR) is 69.8 cm³/mol. The molecule has 0 spiro atoms. The molecular formula is C12H13BrO6. The van der Waals surface area contributed by atoms with Crippen LogP contribution in [0.25, 0.3) is 0 Å². The summed E-state index contributed by atoms with van der Waals surface area (Å²) in [6.45, 7) is 1.52. The molecule has 0 heterocycles. The summed E-state index contributed by atoms with van der Waals surface area (Å²) >= 11 is 3.19. The number of benzene rings is 1. The van der Waals surface area contributed by atoms with Gasteiger partial charge in [0.1, 0.15) is 0 Å². The molecule has 0 amide bonds. The zero-order valence-corrected chi connectivity index (χ0v) is 12.2. The molecule has 0 bridgehead atoms. The first-order valence-electron chi connectivity index (χ1n) is 5.26.